The second kappa shape index (κ2) is 15.6. The van der Waals surface area contributed by atoms with Gasteiger partial charge in [0.25, 0.3) is 5.91 Å². The van der Waals surface area contributed by atoms with E-state index in [0.717, 1.165) is 33.4 Å². The summed E-state index contributed by atoms with van der Waals surface area (Å²) < 4.78 is 12.1. The second-order valence-electron chi connectivity index (χ2n) is 13.2. The van der Waals surface area contributed by atoms with E-state index in [1.165, 1.54) is 12.5 Å². The van der Waals surface area contributed by atoms with Crippen LogP contribution in [0.5, 0.6) is 17.2 Å². The van der Waals surface area contributed by atoms with Crippen LogP contribution in [-0.4, -0.2) is 45.2 Å². The van der Waals surface area contributed by atoms with E-state index in [9.17, 15) is 4.79 Å². The first kappa shape index (κ1) is 34.8. The molecule has 1 heterocycles. The van der Waals surface area contributed by atoms with Crippen LogP contribution < -0.4 is 9.47 Å². The summed E-state index contributed by atoms with van der Waals surface area (Å²) in [7, 11) is 0. The predicted molar refractivity (Wildman–Crippen MR) is 197 cm³/mol. The summed E-state index contributed by atoms with van der Waals surface area (Å²) in [6, 6.07) is 32.5. The SMILES string of the molecule is CCCN(C(=O)c1cc2cc(Oc3ccc(C(C)(C)C)cc3)ccc2cn1)[C@@H](Cc1ccc(OCc2ccccc2)cc1)C([OH2+])=NC(C)=N. The molecule has 0 aliphatic carbocycles. The highest BCUT2D eigenvalue weighted by Crippen LogP contribution is 2.29. The molecular weight excluding hydrogens is 612 g/mol. The highest BCUT2D eigenvalue weighted by atomic mass is 16.5. The third kappa shape index (κ3) is 9.32. The Bertz CT molecular complexity index is 1910. The average molecular weight is 658 g/mol. The van der Waals surface area contributed by atoms with Crippen molar-refractivity contribution >= 4 is 28.4 Å². The van der Waals surface area contributed by atoms with E-state index in [2.05, 4.69) is 42.9 Å². The first-order chi connectivity index (χ1) is 23.5. The fraction of sp³-hybridized carbons (Fsp3) is 0.268. The van der Waals surface area contributed by atoms with Crippen LogP contribution in [0.1, 0.15) is 68.2 Å². The second-order valence-corrected chi connectivity index (χ2v) is 13.2. The molecule has 5 rings (SSSR count). The highest BCUT2D eigenvalue weighted by molar-refractivity contribution is 6.00. The minimum Gasteiger partial charge on any atom is -0.580 e. The molecule has 0 aliphatic rings. The molecule has 0 bridgehead atoms. The molecule has 0 unspecified atom stereocenters. The van der Waals surface area contributed by atoms with Crippen molar-refractivity contribution in [2.45, 2.75) is 65.5 Å². The van der Waals surface area contributed by atoms with E-state index >= 15 is 0 Å². The lowest BCUT2D eigenvalue weighted by molar-refractivity contribution is 0.0707. The van der Waals surface area contributed by atoms with Crippen molar-refractivity contribution in [3.05, 3.63) is 132 Å². The summed E-state index contributed by atoms with van der Waals surface area (Å²) in [6.07, 6.45) is 2.71. The molecule has 1 amide bonds. The maximum atomic E-state index is 14.2. The number of nitrogens with one attached hydrogen (secondary N) is 1. The van der Waals surface area contributed by atoms with Gasteiger partial charge in [0, 0.05) is 24.5 Å². The van der Waals surface area contributed by atoms with E-state index in [1.807, 2.05) is 91.9 Å². The van der Waals surface area contributed by atoms with Crippen molar-refractivity contribution in [2.75, 3.05) is 6.54 Å². The number of hydrogen-bond donors (Lipinski definition) is 1. The molecule has 5 aromatic rings. The zero-order chi connectivity index (χ0) is 35.0. The van der Waals surface area contributed by atoms with Crippen molar-refractivity contribution in [3.63, 3.8) is 0 Å². The third-order valence-electron chi connectivity index (χ3n) is 8.17. The zero-order valence-electron chi connectivity index (χ0n) is 28.9. The van der Waals surface area contributed by atoms with Crippen LogP contribution in [0.2, 0.25) is 0 Å². The number of amides is 1. The molecule has 1 aromatic heterocycles. The monoisotopic (exact) mass is 657 g/mol. The van der Waals surface area contributed by atoms with Crippen molar-refractivity contribution in [3.8, 4) is 17.2 Å². The molecule has 0 saturated carbocycles. The molecule has 3 N–H and O–H groups in total. The maximum Gasteiger partial charge on any atom is 0.356 e. The van der Waals surface area contributed by atoms with Gasteiger partial charge in [-0.05, 0) is 89.4 Å². The van der Waals surface area contributed by atoms with Crippen molar-refractivity contribution in [1.29, 1.82) is 5.41 Å². The Morgan fingerprint density at radius 2 is 1.55 bits per heavy atom. The number of amidine groups is 1. The number of carbonyl (C=O) groups excluding carboxylic acids is 1. The zero-order valence-corrected chi connectivity index (χ0v) is 28.9. The molecular formula is C41H45N4O4+. The fourth-order valence-corrected chi connectivity index (χ4v) is 5.54. The van der Waals surface area contributed by atoms with Crippen LogP contribution in [-0.2, 0) is 18.4 Å². The smallest absolute Gasteiger partial charge is 0.356 e. The number of rotatable bonds is 12. The number of carbonyl (C=O) groups is 1. The van der Waals surface area contributed by atoms with Gasteiger partial charge in [-0.1, -0.05) is 82.3 Å². The number of aromatic nitrogens is 1. The standard InChI is InChI=1S/C41H44N4O4/c1-6-22-45(38(39(46)44-28(2)42)23-29-12-17-34(18-13-29)48-27-30-10-8-7-9-11-30)40(47)37-25-32-24-36(19-14-31(32)26-43-37)49-35-20-15-33(16-21-35)41(3,4)5/h7-21,24-26,38H,6,22-23,27H2,1-5H3,(H2,42,44,46)/p+1/t38-/m0/s1. The van der Waals surface area contributed by atoms with Crippen LogP contribution in [0.4, 0.5) is 0 Å². The molecule has 1 atom stereocenters. The number of fused-ring (bicyclic) bond motifs is 1. The van der Waals surface area contributed by atoms with Crippen LogP contribution in [0.15, 0.2) is 114 Å². The minimum absolute atomic E-state index is 0.00737. The Morgan fingerprint density at radius 3 is 2.20 bits per heavy atom. The van der Waals surface area contributed by atoms with Gasteiger partial charge in [0.15, 0.2) is 6.04 Å². The van der Waals surface area contributed by atoms with E-state index in [1.54, 1.807) is 17.2 Å². The molecule has 8 nitrogen and oxygen atoms in total. The molecule has 49 heavy (non-hydrogen) atoms. The van der Waals surface area contributed by atoms with Crippen molar-refractivity contribution < 1.29 is 19.4 Å². The van der Waals surface area contributed by atoms with Gasteiger partial charge in [-0.25, -0.2) is 0 Å². The minimum atomic E-state index is -0.702. The first-order valence-electron chi connectivity index (χ1n) is 16.6. The number of hydrogen-bond acceptors (Lipinski definition) is 5. The van der Waals surface area contributed by atoms with Gasteiger partial charge in [-0.15, -0.1) is 0 Å². The Morgan fingerprint density at radius 1 is 0.878 bits per heavy atom. The molecule has 0 radical (unpaired) electrons. The predicted octanol–water partition coefficient (Wildman–Crippen LogP) is 8.49. The van der Waals surface area contributed by atoms with Gasteiger partial charge in [-0.3, -0.25) is 15.2 Å². The summed E-state index contributed by atoms with van der Waals surface area (Å²) in [5.41, 5.74) is 3.53. The number of nitrogens with zero attached hydrogens (tertiary/aromatic N) is 3. The number of aliphatic imine (C=N–C) groups is 1. The Hall–Kier alpha value is -5.50. The lowest BCUT2D eigenvalue weighted by Gasteiger charge is -2.28. The third-order valence-corrected chi connectivity index (χ3v) is 8.17. The molecule has 252 valence electrons. The molecule has 0 spiro atoms. The molecule has 0 fully saturated rings. The molecule has 0 saturated heterocycles. The number of benzene rings is 4. The van der Waals surface area contributed by atoms with Gasteiger partial charge >= 0.3 is 5.90 Å². The summed E-state index contributed by atoms with van der Waals surface area (Å²) in [4.78, 5) is 24.5. The topological polar surface area (TPSA) is 111 Å². The van der Waals surface area contributed by atoms with Crippen molar-refractivity contribution in [1.82, 2.24) is 9.88 Å². The quantitative estimate of drug-likeness (QED) is 0.0824. The molecule has 0 aliphatic heterocycles. The fourth-order valence-electron chi connectivity index (χ4n) is 5.54. The Balaban J connectivity index is 1.37. The van der Waals surface area contributed by atoms with Crippen LogP contribution in [0.25, 0.3) is 10.8 Å². The first-order valence-corrected chi connectivity index (χ1v) is 16.6. The van der Waals surface area contributed by atoms with Crippen LogP contribution in [0.3, 0.4) is 0 Å². The van der Waals surface area contributed by atoms with Gasteiger partial charge in [0.1, 0.15) is 35.4 Å². The maximum absolute atomic E-state index is 14.2. The van der Waals surface area contributed by atoms with E-state index in [4.69, 9.17) is 20.0 Å². The summed E-state index contributed by atoms with van der Waals surface area (Å²) in [6.45, 7) is 10.9. The van der Waals surface area contributed by atoms with E-state index in [-0.39, 0.29) is 28.7 Å². The highest BCUT2D eigenvalue weighted by Gasteiger charge is 2.33. The normalized spacial score (nSPS) is 12.4. The molecule has 4 aromatic carbocycles. The average Bonchev–Trinajstić information content (AvgIpc) is 3.09. The van der Waals surface area contributed by atoms with E-state index < -0.39 is 6.04 Å². The van der Waals surface area contributed by atoms with Crippen LogP contribution in [0, 0.1) is 5.41 Å². The van der Waals surface area contributed by atoms with Gasteiger partial charge in [0.2, 0.25) is 0 Å². The largest absolute Gasteiger partial charge is 0.580 e. The van der Waals surface area contributed by atoms with E-state index in [0.29, 0.717) is 31.7 Å². The van der Waals surface area contributed by atoms with Gasteiger partial charge in [-0.2, -0.15) is 4.99 Å². The van der Waals surface area contributed by atoms with Crippen LogP contribution >= 0.6 is 0 Å². The lowest BCUT2D eigenvalue weighted by atomic mass is 9.87. The lowest BCUT2D eigenvalue weighted by Crippen LogP contribution is -2.47. The van der Waals surface area contributed by atoms with Gasteiger partial charge in [0.05, 0.1) is 0 Å². The van der Waals surface area contributed by atoms with Crippen molar-refractivity contribution in [2.24, 2.45) is 4.99 Å². The Labute approximate surface area is 288 Å². The van der Waals surface area contributed by atoms with Gasteiger partial charge < -0.3 is 19.5 Å². The Kier molecular flexibility index (Phi) is 11.1. The molecule has 8 heteroatoms. The number of pyridine rings is 1. The number of ether oxygens (including phenoxy) is 2. The summed E-state index contributed by atoms with van der Waals surface area (Å²) in [5, 5.41) is 18.5. The summed E-state index contributed by atoms with van der Waals surface area (Å²) >= 11 is 0. The summed E-state index contributed by atoms with van der Waals surface area (Å²) in [5.74, 6) is 1.77.